The predicted molar refractivity (Wildman–Crippen MR) is 70.8 cm³/mol. The number of ketones is 1. The summed E-state index contributed by atoms with van der Waals surface area (Å²) in [6.45, 7) is 1.80. The van der Waals surface area contributed by atoms with Gasteiger partial charge in [0.2, 0.25) is 5.95 Å². The molecule has 0 amide bonds. The highest BCUT2D eigenvalue weighted by Crippen LogP contribution is 2.32. The maximum atomic E-state index is 12.3. The number of hydrogen-bond donors (Lipinski definition) is 1. The zero-order valence-corrected chi connectivity index (χ0v) is 10.6. The fourth-order valence-corrected chi connectivity index (χ4v) is 2.65. The molecule has 96 valence electrons. The molecular weight excluding hydrogens is 240 g/mol. The van der Waals surface area contributed by atoms with Crippen LogP contribution in [0.15, 0.2) is 24.5 Å². The highest BCUT2D eigenvalue weighted by atomic mass is 16.1. The molecular formula is C14H14N4O. The van der Waals surface area contributed by atoms with Crippen molar-refractivity contribution in [1.29, 1.82) is 0 Å². The molecule has 2 aromatic rings. The SMILES string of the molecule is Cc1nc(N)nc2c1C(=O)CC(c1cccnc1)C2. The van der Waals surface area contributed by atoms with Crippen LogP contribution < -0.4 is 5.73 Å². The van der Waals surface area contributed by atoms with E-state index in [9.17, 15) is 4.79 Å². The van der Waals surface area contributed by atoms with Gasteiger partial charge in [-0.3, -0.25) is 9.78 Å². The molecule has 2 N–H and O–H groups in total. The van der Waals surface area contributed by atoms with Crippen molar-refractivity contribution in [3.05, 3.63) is 47.0 Å². The number of Topliss-reactive ketones (excluding diaryl/α,β-unsaturated/α-hetero) is 1. The fraction of sp³-hybridized carbons (Fsp3) is 0.286. The van der Waals surface area contributed by atoms with Crippen molar-refractivity contribution < 1.29 is 4.79 Å². The van der Waals surface area contributed by atoms with Gasteiger partial charge in [0, 0.05) is 18.8 Å². The van der Waals surface area contributed by atoms with Gasteiger partial charge in [-0.1, -0.05) is 6.07 Å². The number of fused-ring (bicyclic) bond motifs is 1. The van der Waals surface area contributed by atoms with E-state index < -0.39 is 0 Å². The van der Waals surface area contributed by atoms with Crippen LogP contribution in [0.5, 0.6) is 0 Å². The highest BCUT2D eigenvalue weighted by molar-refractivity contribution is 5.99. The van der Waals surface area contributed by atoms with Gasteiger partial charge in [0.05, 0.1) is 17.0 Å². The molecule has 0 saturated carbocycles. The van der Waals surface area contributed by atoms with E-state index in [0.29, 0.717) is 24.1 Å². The van der Waals surface area contributed by atoms with Gasteiger partial charge in [0.1, 0.15) is 0 Å². The van der Waals surface area contributed by atoms with Crippen LogP contribution in [0.1, 0.15) is 39.6 Å². The Morgan fingerprint density at radius 3 is 2.89 bits per heavy atom. The molecule has 0 saturated heterocycles. The number of carbonyl (C=O) groups excluding carboxylic acids is 1. The topological polar surface area (TPSA) is 81.8 Å². The maximum Gasteiger partial charge on any atom is 0.220 e. The van der Waals surface area contributed by atoms with Gasteiger partial charge in [0.15, 0.2) is 5.78 Å². The first-order valence-corrected chi connectivity index (χ1v) is 6.21. The first-order valence-electron chi connectivity index (χ1n) is 6.21. The van der Waals surface area contributed by atoms with Crippen LogP contribution in [0.2, 0.25) is 0 Å². The Labute approximate surface area is 110 Å². The molecule has 5 nitrogen and oxygen atoms in total. The molecule has 0 aromatic carbocycles. The summed E-state index contributed by atoms with van der Waals surface area (Å²) < 4.78 is 0. The third-order valence-corrected chi connectivity index (χ3v) is 3.49. The Morgan fingerprint density at radius 2 is 2.16 bits per heavy atom. The summed E-state index contributed by atoms with van der Waals surface area (Å²) in [5.74, 6) is 0.450. The normalized spacial score (nSPS) is 18.2. The number of rotatable bonds is 1. The standard InChI is InChI=1S/C14H14N4O/c1-8-13-11(18-14(15)17-8)5-10(6-12(13)19)9-3-2-4-16-7-9/h2-4,7,10H,5-6H2,1H3,(H2,15,17,18). The number of pyridine rings is 1. The average Bonchev–Trinajstić information content (AvgIpc) is 2.38. The van der Waals surface area contributed by atoms with Gasteiger partial charge in [0.25, 0.3) is 0 Å². The third kappa shape index (κ3) is 2.07. The summed E-state index contributed by atoms with van der Waals surface area (Å²) in [6, 6.07) is 3.88. The zero-order valence-electron chi connectivity index (χ0n) is 10.6. The number of nitrogens with two attached hydrogens (primary N) is 1. The lowest BCUT2D eigenvalue weighted by Crippen LogP contribution is -2.23. The molecule has 0 fully saturated rings. The van der Waals surface area contributed by atoms with Gasteiger partial charge in [-0.2, -0.15) is 0 Å². The first kappa shape index (κ1) is 11.8. The number of aryl methyl sites for hydroxylation is 1. The number of nitrogen functional groups attached to an aromatic ring is 1. The second-order valence-corrected chi connectivity index (χ2v) is 4.80. The van der Waals surface area contributed by atoms with Gasteiger partial charge >= 0.3 is 0 Å². The number of anilines is 1. The minimum atomic E-state index is 0.0904. The predicted octanol–water partition coefficient (Wildman–Crippen LogP) is 1.67. The van der Waals surface area contributed by atoms with E-state index >= 15 is 0 Å². The Hall–Kier alpha value is -2.30. The highest BCUT2D eigenvalue weighted by Gasteiger charge is 2.29. The molecule has 2 heterocycles. The first-order chi connectivity index (χ1) is 9.15. The average molecular weight is 254 g/mol. The Kier molecular flexibility index (Phi) is 2.74. The largest absolute Gasteiger partial charge is 0.368 e. The summed E-state index contributed by atoms with van der Waals surface area (Å²) >= 11 is 0. The van der Waals surface area contributed by atoms with E-state index in [1.807, 2.05) is 12.1 Å². The van der Waals surface area contributed by atoms with E-state index in [2.05, 4.69) is 15.0 Å². The molecule has 3 rings (SSSR count). The summed E-state index contributed by atoms with van der Waals surface area (Å²) in [5.41, 5.74) is 8.82. The molecule has 0 aliphatic heterocycles. The summed E-state index contributed by atoms with van der Waals surface area (Å²) in [6.07, 6.45) is 4.72. The molecule has 5 heteroatoms. The van der Waals surface area contributed by atoms with Crippen molar-refractivity contribution in [3.8, 4) is 0 Å². The number of aromatic nitrogens is 3. The Balaban J connectivity index is 2.03. The lowest BCUT2D eigenvalue weighted by molar-refractivity contribution is 0.0962. The molecule has 1 aliphatic carbocycles. The fourth-order valence-electron chi connectivity index (χ4n) is 2.65. The van der Waals surface area contributed by atoms with Crippen molar-refractivity contribution >= 4 is 11.7 Å². The van der Waals surface area contributed by atoms with Crippen molar-refractivity contribution in [2.45, 2.75) is 25.7 Å². The van der Waals surface area contributed by atoms with Gasteiger partial charge < -0.3 is 5.73 Å². The molecule has 0 radical (unpaired) electrons. The smallest absolute Gasteiger partial charge is 0.220 e. The van der Waals surface area contributed by atoms with Gasteiger partial charge in [-0.25, -0.2) is 9.97 Å². The van der Waals surface area contributed by atoms with Crippen molar-refractivity contribution in [3.63, 3.8) is 0 Å². The maximum absolute atomic E-state index is 12.3. The van der Waals surface area contributed by atoms with Crippen LogP contribution in [0.4, 0.5) is 5.95 Å². The van der Waals surface area contributed by atoms with Crippen LogP contribution in [0, 0.1) is 6.92 Å². The monoisotopic (exact) mass is 254 g/mol. The minimum absolute atomic E-state index is 0.0904. The van der Waals surface area contributed by atoms with Crippen LogP contribution >= 0.6 is 0 Å². The zero-order chi connectivity index (χ0) is 13.4. The number of carbonyl (C=O) groups is 1. The van der Waals surface area contributed by atoms with Crippen molar-refractivity contribution in [1.82, 2.24) is 15.0 Å². The molecule has 0 bridgehead atoms. The van der Waals surface area contributed by atoms with Crippen molar-refractivity contribution in [2.75, 3.05) is 5.73 Å². The molecule has 1 unspecified atom stereocenters. The second kappa shape index (κ2) is 4.42. The van der Waals surface area contributed by atoms with Gasteiger partial charge in [-0.05, 0) is 30.9 Å². The Morgan fingerprint density at radius 1 is 1.32 bits per heavy atom. The summed E-state index contributed by atoms with van der Waals surface area (Å²) in [5, 5.41) is 0. The minimum Gasteiger partial charge on any atom is -0.368 e. The number of hydrogen-bond acceptors (Lipinski definition) is 5. The van der Waals surface area contributed by atoms with E-state index in [-0.39, 0.29) is 17.6 Å². The Bertz CT molecular complexity index is 639. The summed E-state index contributed by atoms with van der Waals surface area (Å²) in [4.78, 5) is 24.7. The van der Waals surface area contributed by atoms with Crippen molar-refractivity contribution in [2.24, 2.45) is 0 Å². The van der Waals surface area contributed by atoms with Crippen LogP contribution in [0.3, 0.4) is 0 Å². The van der Waals surface area contributed by atoms with E-state index in [4.69, 9.17) is 5.73 Å². The van der Waals surface area contributed by atoms with E-state index in [1.54, 1.807) is 19.3 Å². The van der Waals surface area contributed by atoms with Crippen LogP contribution in [-0.4, -0.2) is 20.7 Å². The molecule has 2 aromatic heterocycles. The van der Waals surface area contributed by atoms with Crippen LogP contribution in [0.25, 0.3) is 0 Å². The second-order valence-electron chi connectivity index (χ2n) is 4.80. The molecule has 1 atom stereocenters. The summed E-state index contributed by atoms with van der Waals surface area (Å²) in [7, 11) is 0. The number of nitrogens with zero attached hydrogens (tertiary/aromatic N) is 3. The lowest BCUT2D eigenvalue weighted by Gasteiger charge is -2.23. The quantitative estimate of drug-likeness (QED) is 0.837. The lowest BCUT2D eigenvalue weighted by atomic mass is 9.82. The molecule has 0 spiro atoms. The van der Waals surface area contributed by atoms with Gasteiger partial charge in [-0.15, -0.1) is 0 Å². The van der Waals surface area contributed by atoms with Crippen LogP contribution in [-0.2, 0) is 6.42 Å². The third-order valence-electron chi connectivity index (χ3n) is 3.49. The molecule has 1 aliphatic rings. The molecule has 19 heavy (non-hydrogen) atoms. The van der Waals surface area contributed by atoms with E-state index in [1.165, 1.54) is 0 Å². The van der Waals surface area contributed by atoms with E-state index in [0.717, 1.165) is 11.3 Å².